The number of alkyl halides is 3. The minimum absolute atomic E-state index is 0.00382. The number of hydrogen-bond donors (Lipinski definition) is 0. The molecule has 0 atom stereocenters. The highest BCUT2D eigenvalue weighted by atomic mass is 32.2. The van der Waals surface area contributed by atoms with Crippen molar-refractivity contribution in [1.29, 1.82) is 0 Å². The van der Waals surface area contributed by atoms with Crippen LogP contribution in [0.2, 0.25) is 0 Å². The zero-order valence-corrected chi connectivity index (χ0v) is 14.1. The van der Waals surface area contributed by atoms with Gasteiger partial charge in [0, 0.05) is 11.6 Å². The first-order valence-electron chi connectivity index (χ1n) is 6.94. The summed E-state index contributed by atoms with van der Waals surface area (Å²) in [5, 5.41) is 0. The Kier molecular flexibility index (Phi) is 5.09. The van der Waals surface area contributed by atoms with E-state index in [9.17, 15) is 35.2 Å². The largest absolute Gasteiger partial charge is 0.534 e. The Labute approximate surface area is 145 Å². The van der Waals surface area contributed by atoms with E-state index in [1.54, 1.807) is 0 Å². The molecule has 0 N–H and O–H groups in total. The lowest BCUT2D eigenvalue weighted by Gasteiger charge is -2.16. The molecule has 4 nitrogen and oxygen atoms in total. The summed E-state index contributed by atoms with van der Waals surface area (Å²) in [5.74, 6) is -2.80. The number of halogens is 5. The standard InChI is InChI=1S/C16H11F5O4S/c1-8-4-12(17)6-13(25-26(23,24)16(19,20)21)14(8)10-3-9(2)15(18)11(5-10)7-22/h3-7H,1-2H3. The van der Waals surface area contributed by atoms with Gasteiger partial charge in [-0.15, -0.1) is 0 Å². The molecule has 0 spiro atoms. The third-order valence-corrected chi connectivity index (χ3v) is 4.41. The van der Waals surface area contributed by atoms with E-state index in [0.29, 0.717) is 6.07 Å². The van der Waals surface area contributed by atoms with Gasteiger partial charge in [0.15, 0.2) is 12.0 Å². The molecule has 0 aliphatic rings. The highest BCUT2D eigenvalue weighted by molar-refractivity contribution is 7.88. The minimum atomic E-state index is -6.06. The first kappa shape index (κ1) is 19.8. The lowest BCUT2D eigenvalue weighted by atomic mass is 9.95. The molecule has 0 aromatic heterocycles. The van der Waals surface area contributed by atoms with Gasteiger partial charge < -0.3 is 4.18 Å². The predicted molar refractivity (Wildman–Crippen MR) is 82.3 cm³/mol. The monoisotopic (exact) mass is 394 g/mol. The molecule has 2 aromatic rings. The molecule has 0 heterocycles. The number of aryl methyl sites for hydroxylation is 2. The first-order valence-corrected chi connectivity index (χ1v) is 8.35. The highest BCUT2D eigenvalue weighted by Crippen LogP contribution is 2.38. The number of carbonyl (C=O) groups excluding carboxylic acids is 1. The molecule has 0 saturated heterocycles. The van der Waals surface area contributed by atoms with E-state index in [-0.39, 0.29) is 28.5 Å². The van der Waals surface area contributed by atoms with Crippen molar-refractivity contribution >= 4 is 16.4 Å². The van der Waals surface area contributed by atoms with Gasteiger partial charge in [-0.05, 0) is 48.7 Å². The summed E-state index contributed by atoms with van der Waals surface area (Å²) >= 11 is 0. The number of hydrogen-bond acceptors (Lipinski definition) is 4. The second-order valence-corrected chi connectivity index (χ2v) is 6.93. The Morgan fingerprint density at radius 1 is 1.00 bits per heavy atom. The van der Waals surface area contributed by atoms with Gasteiger partial charge in [-0.25, -0.2) is 8.78 Å². The molecular formula is C16H11F5O4S. The van der Waals surface area contributed by atoms with E-state index in [1.165, 1.54) is 19.9 Å². The minimum Gasteiger partial charge on any atom is -0.375 e. The van der Waals surface area contributed by atoms with E-state index < -0.39 is 38.6 Å². The topological polar surface area (TPSA) is 60.4 Å². The zero-order valence-electron chi connectivity index (χ0n) is 13.3. The highest BCUT2D eigenvalue weighted by Gasteiger charge is 2.49. The predicted octanol–water partition coefficient (Wildman–Crippen LogP) is 4.29. The van der Waals surface area contributed by atoms with Gasteiger partial charge in [-0.3, -0.25) is 4.79 Å². The fourth-order valence-corrected chi connectivity index (χ4v) is 2.80. The number of rotatable bonds is 4. The van der Waals surface area contributed by atoms with Crippen LogP contribution in [0.4, 0.5) is 22.0 Å². The number of aldehydes is 1. The zero-order chi connectivity index (χ0) is 19.9. The van der Waals surface area contributed by atoms with Crippen molar-refractivity contribution in [3.05, 3.63) is 52.6 Å². The number of carbonyl (C=O) groups is 1. The fraction of sp³-hybridized carbons (Fsp3) is 0.188. The average Bonchev–Trinajstić information content (AvgIpc) is 2.48. The van der Waals surface area contributed by atoms with Crippen molar-refractivity contribution in [2.24, 2.45) is 0 Å². The van der Waals surface area contributed by atoms with Gasteiger partial charge in [0.05, 0.1) is 5.56 Å². The van der Waals surface area contributed by atoms with Crippen LogP contribution in [0.15, 0.2) is 24.3 Å². The van der Waals surface area contributed by atoms with Crippen LogP contribution < -0.4 is 4.18 Å². The maximum atomic E-state index is 13.8. The van der Waals surface area contributed by atoms with Crippen LogP contribution in [0.3, 0.4) is 0 Å². The van der Waals surface area contributed by atoms with Crippen molar-refractivity contribution in [3.8, 4) is 16.9 Å². The van der Waals surface area contributed by atoms with Gasteiger partial charge in [0.25, 0.3) is 0 Å². The summed E-state index contributed by atoms with van der Waals surface area (Å²) in [6, 6.07) is 3.57. The number of benzene rings is 2. The van der Waals surface area contributed by atoms with E-state index >= 15 is 0 Å². The molecule has 0 fully saturated rings. The van der Waals surface area contributed by atoms with Crippen molar-refractivity contribution < 1.29 is 39.3 Å². The Morgan fingerprint density at radius 3 is 2.15 bits per heavy atom. The van der Waals surface area contributed by atoms with Crippen LogP contribution in [0.5, 0.6) is 5.75 Å². The molecule has 2 aromatic carbocycles. The molecule has 0 aliphatic heterocycles. The Balaban J connectivity index is 2.75. The molecule has 0 aliphatic carbocycles. The molecule has 26 heavy (non-hydrogen) atoms. The summed E-state index contributed by atoms with van der Waals surface area (Å²) in [4.78, 5) is 11.0. The third-order valence-electron chi connectivity index (χ3n) is 3.45. The van der Waals surface area contributed by atoms with Crippen LogP contribution in [0.25, 0.3) is 11.1 Å². The van der Waals surface area contributed by atoms with Crippen molar-refractivity contribution in [3.63, 3.8) is 0 Å². The van der Waals surface area contributed by atoms with Gasteiger partial charge in [-0.1, -0.05) is 0 Å². The van der Waals surface area contributed by atoms with E-state index in [4.69, 9.17) is 0 Å². The van der Waals surface area contributed by atoms with Crippen LogP contribution in [0, 0.1) is 25.5 Å². The molecule has 0 unspecified atom stereocenters. The lowest BCUT2D eigenvalue weighted by Crippen LogP contribution is -2.28. The molecule has 10 heteroatoms. The maximum absolute atomic E-state index is 13.8. The summed E-state index contributed by atoms with van der Waals surface area (Å²) in [6.07, 6.45) is 0.192. The summed E-state index contributed by atoms with van der Waals surface area (Å²) in [7, 11) is -6.06. The normalized spacial score (nSPS) is 12.1. The van der Waals surface area contributed by atoms with Crippen LogP contribution >= 0.6 is 0 Å². The van der Waals surface area contributed by atoms with Gasteiger partial charge in [0.2, 0.25) is 0 Å². The van der Waals surface area contributed by atoms with Crippen LogP contribution in [0.1, 0.15) is 21.5 Å². The van der Waals surface area contributed by atoms with E-state index in [2.05, 4.69) is 4.18 Å². The molecule has 2 rings (SSSR count). The Morgan fingerprint density at radius 2 is 1.62 bits per heavy atom. The van der Waals surface area contributed by atoms with Gasteiger partial charge >= 0.3 is 15.6 Å². The fourth-order valence-electron chi connectivity index (χ4n) is 2.34. The lowest BCUT2D eigenvalue weighted by molar-refractivity contribution is -0.0500. The second-order valence-electron chi connectivity index (χ2n) is 5.39. The van der Waals surface area contributed by atoms with Crippen LogP contribution in [-0.2, 0) is 10.1 Å². The average molecular weight is 394 g/mol. The molecule has 0 radical (unpaired) electrons. The van der Waals surface area contributed by atoms with Crippen molar-refractivity contribution in [2.75, 3.05) is 0 Å². The molecule has 140 valence electrons. The summed E-state index contributed by atoms with van der Waals surface area (Å²) in [6.45, 7) is 2.60. The van der Waals surface area contributed by atoms with E-state index in [1.807, 2.05) is 0 Å². The summed E-state index contributed by atoms with van der Waals surface area (Å²) < 4.78 is 91.9. The molecule has 0 bridgehead atoms. The van der Waals surface area contributed by atoms with Gasteiger partial charge in [-0.2, -0.15) is 21.6 Å². The first-order chi connectivity index (χ1) is 11.9. The van der Waals surface area contributed by atoms with Gasteiger partial charge in [0.1, 0.15) is 11.6 Å². The van der Waals surface area contributed by atoms with Crippen molar-refractivity contribution in [1.82, 2.24) is 0 Å². The van der Waals surface area contributed by atoms with Crippen LogP contribution in [-0.4, -0.2) is 20.2 Å². The molecule has 0 saturated carbocycles. The molecule has 0 amide bonds. The Bertz CT molecular complexity index is 981. The maximum Gasteiger partial charge on any atom is 0.534 e. The smallest absolute Gasteiger partial charge is 0.375 e. The second kappa shape index (κ2) is 6.67. The third kappa shape index (κ3) is 3.69. The van der Waals surface area contributed by atoms with E-state index in [0.717, 1.165) is 12.1 Å². The quantitative estimate of drug-likeness (QED) is 0.336. The molecular weight excluding hydrogens is 383 g/mol. The Hall–Kier alpha value is -2.49. The summed E-state index contributed by atoms with van der Waals surface area (Å²) in [5.41, 5.74) is -6.33. The van der Waals surface area contributed by atoms with Crippen molar-refractivity contribution in [2.45, 2.75) is 19.4 Å². The SMILES string of the molecule is Cc1cc(-c2c(C)cc(F)cc2OS(=O)(=O)C(F)(F)F)cc(C=O)c1F.